The van der Waals surface area contributed by atoms with Gasteiger partial charge in [-0.3, -0.25) is 4.79 Å². The van der Waals surface area contributed by atoms with Crippen molar-refractivity contribution < 1.29 is 28.1 Å². The molecule has 0 spiro atoms. The Morgan fingerprint density at radius 1 is 1.23 bits per heavy atom. The Morgan fingerprint density at radius 2 is 2.03 bits per heavy atom. The lowest BCUT2D eigenvalue weighted by molar-refractivity contribution is -0.120. The molecule has 2 aromatic rings. The Hall–Kier alpha value is -2.80. The van der Waals surface area contributed by atoms with Crippen molar-refractivity contribution in [3.05, 3.63) is 53.3 Å². The van der Waals surface area contributed by atoms with Crippen LogP contribution >= 0.6 is 0 Å². The van der Waals surface area contributed by atoms with Gasteiger partial charge in [-0.2, -0.15) is 0 Å². The van der Waals surface area contributed by atoms with E-state index in [1.54, 1.807) is 12.1 Å². The highest BCUT2D eigenvalue weighted by Gasteiger charge is 2.28. The topological polar surface area (TPSA) is 66.0 Å². The largest absolute Gasteiger partial charge is 0.491 e. The van der Waals surface area contributed by atoms with Gasteiger partial charge in [-0.25, -0.2) is 4.39 Å². The number of carbonyl (C=O) groups excluding carboxylic acids is 1. The van der Waals surface area contributed by atoms with Crippen LogP contribution in [-0.2, 0) is 22.6 Å². The Labute approximate surface area is 181 Å². The van der Waals surface area contributed by atoms with Crippen molar-refractivity contribution in [1.29, 1.82) is 0 Å². The van der Waals surface area contributed by atoms with Gasteiger partial charge in [-0.1, -0.05) is 6.07 Å². The first-order valence-electron chi connectivity index (χ1n) is 10.7. The van der Waals surface area contributed by atoms with E-state index < -0.39 is 0 Å². The molecule has 2 heterocycles. The molecule has 7 heteroatoms. The van der Waals surface area contributed by atoms with Crippen molar-refractivity contribution in [2.75, 3.05) is 13.2 Å². The zero-order valence-electron chi connectivity index (χ0n) is 17.9. The zero-order valence-corrected chi connectivity index (χ0v) is 17.9. The summed E-state index contributed by atoms with van der Waals surface area (Å²) in [6.45, 7) is 4.72. The minimum Gasteiger partial charge on any atom is -0.491 e. The first-order chi connectivity index (χ1) is 15.0. The first kappa shape index (κ1) is 21.4. The molecule has 1 N–H and O–H groups in total. The van der Waals surface area contributed by atoms with E-state index >= 15 is 0 Å². The SMILES string of the molecule is CC(=O)N[C@@H](C)[C@@H]1Cc2ccc(OCc3ccc(OCC4CCCO4)cc3F)cc2O1. The molecular formula is C24H28FNO5. The van der Waals surface area contributed by atoms with Gasteiger partial charge in [-0.15, -0.1) is 0 Å². The van der Waals surface area contributed by atoms with Gasteiger partial charge in [-0.05, 0) is 43.5 Å². The predicted molar refractivity (Wildman–Crippen MR) is 113 cm³/mol. The summed E-state index contributed by atoms with van der Waals surface area (Å²) in [5.74, 6) is 1.37. The number of benzene rings is 2. The second-order valence-corrected chi connectivity index (χ2v) is 8.11. The average molecular weight is 429 g/mol. The minimum absolute atomic E-state index is 0.0820. The first-order valence-corrected chi connectivity index (χ1v) is 10.7. The molecule has 1 fully saturated rings. The van der Waals surface area contributed by atoms with Crippen molar-refractivity contribution in [2.24, 2.45) is 0 Å². The summed E-state index contributed by atoms with van der Waals surface area (Å²) in [7, 11) is 0. The number of halogens is 1. The zero-order chi connectivity index (χ0) is 21.8. The van der Waals surface area contributed by atoms with Crippen LogP contribution in [0, 0.1) is 5.82 Å². The fraction of sp³-hybridized carbons (Fsp3) is 0.458. The predicted octanol–water partition coefficient (Wildman–Crippen LogP) is 3.79. The molecule has 0 aromatic heterocycles. The van der Waals surface area contributed by atoms with E-state index in [1.807, 2.05) is 25.1 Å². The van der Waals surface area contributed by atoms with Crippen LogP contribution in [0.15, 0.2) is 36.4 Å². The normalized spacial score (nSPS) is 20.6. The van der Waals surface area contributed by atoms with Gasteiger partial charge in [0.2, 0.25) is 5.91 Å². The molecule has 1 saturated heterocycles. The molecule has 0 bridgehead atoms. The standard InChI is InChI=1S/C24H28FNO5/c1-15(26-16(2)27)23-10-17-5-7-20(12-24(17)31-23)29-13-18-6-8-19(11-22(18)25)30-14-21-4-3-9-28-21/h5-8,11-12,15,21,23H,3-4,9-10,13-14H2,1-2H3,(H,26,27)/t15-,21?,23-/m0/s1. The van der Waals surface area contributed by atoms with Gasteiger partial charge >= 0.3 is 0 Å². The van der Waals surface area contributed by atoms with E-state index in [1.165, 1.54) is 13.0 Å². The van der Waals surface area contributed by atoms with Gasteiger partial charge in [0.15, 0.2) is 0 Å². The summed E-state index contributed by atoms with van der Waals surface area (Å²) in [4.78, 5) is 11.3. The molecule has 1 unspecified atom stereocenters. The number of hydrogen-bond donors (Lipinski definition) is 1. The Bertz CT molecular complexity index is 928. The number of rotatable bonds is 8. The minimum atomic E-state index is -0.369. The molecule has 166 valence electrons. The molecular weight excluding hydrogens is 401 g/mol. The Kier molecular flexibility index (Phi) is 6.61. The molecule has 2 aliphatic rings. The molecule has 3 atom stereocenters. The number of hydrogen-bond acceptors (Lipinski definition) is 5. The highest BCUT2D eigenvalue weighted by atomic mass is 19.1. The Morgan fingerprint density at radius 3 is 2.77 bits per heavy atom. The van der Waals surface area contributed by atoms with Crippen molar-refractivity contribution in [1.82, 2.24) is 5.32 Å². The fourth-order valence-corrected chi connectivity index (χ4v) is 3.88. The molecule has 0 aliphatic carbocycles. The third-order valence-electron chi connectivity index (χ3n) is 5.61. The van der Waals surface area contributed by atoms with E-state index in [4.69, 9.17) is 18.9 Å². The van der Waals surface area contributed by atoms with Gasteiger partial charge in [0, 0.05) is 37.6 Å². The van der Waals surface area contributed by atoms with Crippen molar-refractivity contribution in [3.8, 4) is 17.2 Å². The van der Waals surface area contributed by atoms with Gasteiger partial charge in [0.1, 0.15) is 42.4 Å². The van der Waals surface area contributed by atoms with E-state index in [9.17, 15) is 9.18 Å². The molecule has 1 amide bonds. The highest BCUT2D eigenvalue weighted by molar-refractivity contribution is 5.73. The number of nitrogens with one attached hydrogen (secondary N) is 1. The molecule has 31 heavy (non-hydrogen) atoms. The lowest BCUT2D eigenvalue weighted by Crippen LogP contribution is -2.42. The van der Waals surface area contributed by atoms with Crippen molar-refractivity contribution in [3.63, 3.8) is 0 Å². The number of ether oxygens (including phenoxy) is 4. The van der Waals surface area contributed by atoms with Gasteiger partial charge in [0.25, 0.3) is 0 Å². The number of fused-ring (bicyclic) bond motifs is 1. The Balaban J connectivity index is 1.31. The molecule has 2 aliphatic heterocycles. The van der Waals surface area contributed by atoms with E-state index in [0.717, 1.165) is 37.2 Å². The summed E-state index contributed by atoms with van der Waals surface area (Å²) in [6, 6.07) is 10.3. The molecule has 0 radical (unpaired) electrons. The smallest absolute Gasteiger partial charge is 0.217 e. The van der Waals surface area contributed by atoms with Crippen LogP contribution in [0.25, 0.3) is 0 Å². The number of amides is 1. The maximum Gasteiger partial charge on any atom is 0.217 e. The second kappa shape index (κ2) is 9.56. The van der Waals surface area contributed by atoms with E-state index in [0.29, 0.717) is 23.7 Å². The number of carbonyl (C=O) groups is 1. The second-order valence-electron chi connectivity index (χ2n) is 8.11. The van der Waals surface area contributed by atoms with Crippen LogP contribution in [0.3, 0.4) is 0 Å². The molecule has 6 nitrogen and oxygen atoms in total. The summed E-state index contributed by atoms with van der Waals surface area (Å²) in [5.41, 5.74) is 1.51. The van der Waals surface area contributed by atoms with Crippen molar-refractivity contribution >= 4 is 5.91 Å². The summed E-state index contributed by atoms with van der Waals surface area (Å²) < 4.78 is 37.4. The lowest BCUT2D eigenvalue weighted by atomic mass is 10.1. The summed E-state index contributed by atoms with van der Waals surface area (Å²) in [5, 5.41) is 2.86. The lowest BCUT2D eigenvalue weighted by Gasteiger charge is -2.19. The third-order valence-corrected chi connectivity index (χ3v) is 5.61. The maximum absolute atomic E-state index is 14.5. The molecule has 4 rings (SSSR count). The van der Waals surface area contributed by atoms with Crippen molar-refractivity contribution in [2.45, 2.75) is 58.0 Å². The average Bonchev–Trinajstić information content (AvgIpc) is 3.40. The van der Waals surface area contributed by atoms with Gasteiger partial charge in [0.05, 0.1) is 12.1 Å². The van der Waals surface area contributed by atoms with Crippen LogP contribution in [0.4, 0.5) is 4.39 Å². The monoisotopic (exact) mass is 429 g/mol. The van der Waals surface area contributed by atoms with Gasteiger partial charge < -0.3 is 24.3 Å². The quantitative estimate of drug-likeness (QED) is 0.692. The summed E-state index contributed by atoms with van der Waals surface area (Å²) >= 11 is 0. The van der Waals surface area contributed by atoms with Crippen LogP contribution in [0.2, 0.25) is 0 Å². The summed E-state index contributed by atoms with van der Waals surface area (Å²) in [6.07, 6.45) is 2.72. The van der Waals surface area contributed by atoms with Crippen LogP contribution in [0.1, 0.15) is 37.8 Å². The third kappa shape index (κ3) is 5.47. The molecule has 2 aromatic carbocycles. The van der Waals surface area contributed by atoms with E-state index in [2.05, 4.69) is 5.32 Å². The van der Waals surface area contributed by atoms with Crippen LogP contribution in [-0.4, -0.2) is 37.4 Å². The van der Waals surface area contributed by atoms with Crippen LogP contribution < -0.4 is 19.5 Å². The van der Waals surface area contributed by atoms with Crippen LogP contribution in [0.5, 0.6) is 17.2 Å². The fourth-order valence-electron chi connectivity index (χ4n) is 3.88. The maximum atomic E-state index is 14.5. The van der Waals surface area contributed by atoms with E-state index in [-0.39, 0.29) is 36.6 Å². The highest BCUT2D eigenvalue weighted by Crippen LogP contribution is 2.34. The molecule has 0 saturated carbocycles.